The number of rotatable bonds is 3. The van der Waals surface area contributed by atoms with Crippen molar-refractivity contribution in [3.8, 4) is 0 Å². The minimum Gasteiger partial charge on any atom is -0.327 e. The summed E-state index contributed by atoms with van der Waals surface area (Å²) < 4.78 is 0. The summed E-state index contributed by atoms with van der Waals surface area (Å²) in [6, 6.07) is 8.61. The Bertz CT molecular complexity index is 331. The zero-order valence-corrected chi connectivity index (χ0v) is 8.66. The SMILES string of the molecule is Cc1ccc(/C=C(\CN)C2CC2)cc1. The van der Waals surface area contributed by atoms with Gasteiger partial charge in [-0.2, -0.15) is 0 Å². The molecule has 0 amide bonds. The standard InChI is InChI=1S/C13H17N/c1-10-2-4-11(5-3-10)8-13(9-14)12-6-7-12/h2-5,8,12H,6-7,9,14H2,1H3/b13-8+. The number of aryl methyl sites for hydroxylation is 1. The lowest BCUT2D eigenvalue weighted by molar-refractivity contribution is 0.950. The molecule has 0 radical (unpaired) electrons. The van der Waals surface area contributed by atoms with Gasteiger partial charge in [-0.3, -0.25) is 0 Å². The minimum atomic E-state index is 0.707. The first-order valence-corrected chi connectivity index (χ1v) is 5.27. The van der Waals surface area contributed by atoms with Gasteiger partial charge in [-0.1, -0.05) is 41.5 Å². The third-order valence-electron chi connectivity index (χ3n) is 2.77. The molecule has 0 unspecified atom stereocenters. The molecule has 0 aliphatic heterocycles. The van der Waals surface area contributed by atoms with Crippen molar-refractivity contribution < 1.29 is 0 Å². The van der Waals surface area contributed by atoms with Gasteiger partial charge in [0.15, 0.2) is 0 Å². The molecule has 1 nitrogen and oxygen atoms in total. The van der Waals surface area contributed by atoms with Crippen LogP contribution in [0.15, 0.2) is 29.8 Å². The Kier molecular flexibility index (Phi) is 2.69. The number of nitrogens with two attached hydrogens (primary N) is 1. The van der Waals surface area contributed by atoms with Crippen LogP contribution < -0.4 is 5.73 Å². The zero-order chi connectivity index (χ0) is 9.97. The maximum absolute atomic E-state index is 5.72. The van der Waals surface area contributed by atoms with Gasteiger partial charge in [-0.05, 0) is 31.2 Å². The van der Waals surface area contributed by atoms with Gasteiger partial charge in [0.1, 0.15) is 0 Å². The predicted octanol–water partition coefficient (Wildman–Crippen LogP) is 2.75. The zero-order valence-electron chi connectivity index (χ0n) is 8.66. The lowest BCUT2D eigenvalue weighted by Gasteiger charge is -2.02. The fourth-order valence-corrected chi connectivity index (χ4v) is 1.67. The summed E-state index contributed by atoms with van der Waals surface area (Å²) in [4.78, 5) is 0. The summed E-state index contributed by atoms with van der Waals surface area (Å²) in [5.41, 5.74) is 9.72. The van der Waals surface area contributed by atoms with Crippen molar-refractivity contribution in [3.05, 3.63) is 41.0 Å². The summed E-state index contributed by atoms with van der Waals surface area (Å²) in [7, 11) is 0. The molecule has 2 N–H and O–H groups in total. The van der Waals surface area contributed by atoms with Gasteiger partial charge < -0.3 is 5.73 Å². The van der Waals surface area contributed by atoms with Crippen LogP contribution >= 0.6 is 0 Å². The second-order valence-electron chi connectivity index (χ2n) is 4.11. The van der Waals surface area contributed by atoms with E-state index in [0.29, 0.717) is 6.54 Å². The molecule has 0 atom stereocenters. The van der Waals surface area contributed by atoms with E-state index in [2.05, 4.69) is 37.3 Å². The summed E-state index contributed by atoms with van der Waals surface area (Å²) in [6.45, 7) is 2.82. The average molecular weight is 187 g/mol. The van der Waals surface area contributed by atoms with Gasteiger partial charge in [0, 0.05) is 6.54 Å². The van der Waals surface area contributed by atoms with Crippen LogP contribution in [-0.4, -0.2) is 6.54 Å². The number of hydrogen-bond donors (Lipinski definition) is 1. The number of benzene rings is 1. The molecule has 1 aromatic rings. The van der Waals surface area contributed by atoms with Crippen LogP contribution in [0.1, 0.15) is 24.0 Å². The van der Waals surface area contributed by atoms with E-state index in [1.165, 1.54) is 29.5 Å². The van der Waals surface area contributed by atoms with Gasteiger partial charge >= 0.3 is 0 Å². The van der Waals surface area contributed by atoms with Crippen LogP contribution in [-0.2, 0) is 0 Å². The molecule has 1 aromatic carbocycles. The van der Waals surface area contributed by atoms with E-state index in [1.807, 2.05) is 0 Å². The minimum absolute atomic E-state index is 0.707. The highest BCUT2D eigenvalue weighted by Gasteiger charge is 2.24. The Morgan fingerprint density at radius 3 is 2.50 bits per heavy atom. The quantitative estimate of drug-likeness (QED) is 0.773. The summed E-state index contributed by atoms with van der Waals surface area (Å²) in [5, 5.41) is 0. The lowest BCUT2D eigenvalue weighted by atomic mass is 10.1. The van der Waals surface area contributed by atoms with Crippen molar-refractivity contribution in [2.75, 3.05) is 6.54 Å². The monoisotopic (exact) mass is 187 g/mol. The van der Waals surface area contributed by atoms with Crippen molar-refractivity contribution in [1.29, 1.82) is 0 Å². The Balaban J connectivity index is 2.17. The van der Waals surface area contributed by atoms with Crippen molar-refractivity contribution in [1.82, 2.24) is 0 Å². The van der Waals surface area contributed by atoms with E-state index in [0.717, 1.165) is 5.92 Å². The van der Waals surface area contributed by atoms with Crippen molar-refractivity contribution in [3.63, 3.8) is 0 Å². The largest absolute Gasteiger partial charge is 0.327 e. The highest BCUT2D eigenvalue weighted by Crippen LogP contribution is 2.36. The molecule has 1 aliphatic rings. The molecule has 1 heteroatoms. The fraction of sp³-hybridized carbons (Fsp3) is 0.385. The van der Waals surface area contributed by atoms with Crippen LogP contribution in [0.3, 0.4) is 0 Å². The summed E-state index contributed by atoms with van der Waals surface area (Å²) in [5.74, 6) is 0.779. The highest BCUT2D eigenvalue weighted by molar-refractivity contribution is 5.54. The molecule has 0 saturated heterocycles. The molecule has 1 saturated carbocycles. The van der Waals surface area contributed by atoms with E-state index in [1.54, 1.807) is 0 Å². The Morgan fingerprint density at radius 1 is 1.36 bits per heavy atom. The van der Waals surface area contributed by atoms with Crippen LogP contribution in [0.25, 0.3) is 6.08 Å². The van der Waals surface area contributed by atoms with Crippen LogP contribution in [0, 0.1) is 12.8 Å². The molecule has 74 valence electrons. The van der Waals surface area contributed by atoms with E-state index in [-0.39, 0.29) is 0 Å². The van der Waals surface area contributed by atoms with Crippen molar-refractivity contribution in [2.45, 2.75) is 19.8 Å². The highest BCUT2D eigenvalue weighted by atomic mass is 14.5. The lowest BCUT2D eigenvalue weighted by Crippen LogP contribution is -2.04. The second-order valence-corrected chi connectivity index (χ2v) is 4.11. The van der Waals surface area contributed by atoms with Crippen LogP contribution in [0.4, 0.5) is 0 Å². The van der Waals surface area contributed by atoms with Gasteiger partial charge in [0.25, 0.3) is 0 Å². The third-order valence-corrected chi connectivity index (χ3v) is 2.77. The molecule has 1 fully saturated rings. The first kappa shape index (κ1) is 9.47. The van der Waals surface area contributed by atoms with Gasteiger partial charge in [-0.15, -0.1) is 0 Å². The Labute approximate surface area is 85.6 Å². The molecular weight excluding hydrogens is 170 g/mol. The molecule has 0 bridgehead atoms. The normalized spacial score (nSPS) is 17.1. The summed E-state index contributed by atoms with van der Waals surface area (Å²) in [6.07, 6.45) is 4.90. The predicted molar refractivity (Wildman–Crippen MR) is 60.9 cm³/mol. The molecule has 2 rings (SSSR count). The van der Waals surface area contributed by atoms with Crippen molar-refractivity contribution >= 4 is 6.08 Å². The molecule has 0 aromatic heterocycles. The Hall–Kier alpha value is -1.08. The summed E-state index contributed by atoms with van der Waals surface area (Å²) >= 11 is 0. The molecular formula is C13H17N. The topological polar surface area (TPSA) is 26.0 Å². The van der Waals surface area contributed by atoms with E-state index in [4.69, 9.17) is 5.73 Å². The first-order valence-electron chi connectivity index (χ1n) is 5.27. The maximum atomic E-state index is 5.72. The van der Waals surface area contributed by atoms with E-state index in [9.17, 15) is 0 Å². The maximum Gasteiger partial charge on any atom is 0.0142 e. The van der Waals surface area contributed by atoms with Gasteiger partial charge in [-0.25, -0.2) is 0 Å². The average Bonchev–Trinajstić information content (AvgIpc) is 3.01. The first-order chi connectivity index (χ1) is 6.79. The molecule has 1 aliphatic carbocycles. The van der Waals surface area contributed by atoms with Crippen molar-refractivity contribution in [2.24, 2.45) is 11.7 Å². The smallest absolute Gasteiger partial charge is 0.0142 e. The van der Waals surface area contributed by atoms with E-state index >= 15 is 0 Å². The number of hydrogen-bond acceptors (Lipinski definition) is 1. The Morgan fingerprint density at radius 2 is 2.00 bits per heavy atom. The van der Waals surface area contributed by atoms with E-state index < -0.39 is 0 Å². The second kappa shape index (κ2) is 3.97. The fourth-order valence-electron chi connectivity index (χ4n) is 1.67. The van der Waals surface area contributed by atoms with Crippen LogP contribution in [0.2, 0.25) is 0 Å². The van der Waals surface area contributed by atoms with Crippen LogP contribution in [0.5, 0.6) is 0 Å². The molecule has 0 heterocycles. The van der Waals surface area contributed by atoms with Gasteiger partial charge in [0.2, 0.25) is 0 Å². The third kappa shape index (κ3) is 2.24. The van der Waals surface area contributed by atoms with Gasteiger partial charge in [0.05, 0.1) is 0 Å². The molecule has 14 heavy (non-hydrogen) atoms. The molecule has 0 spiro atoms.